The molecule has 2 N–H and O–H groups in total. The average Bonchev–Trinajstić information content (AvgIpc) is 3.09. The molecule has 0 unspecified atom stereocenters. The number of halogens is 1. The largest absolute Gasteiger partial charge is 0.352 e. The van der Waals surface area contributed by atoms with Gasteiger partial charge in [-0.1, -0.05) is 25.0 Å². The lowest BCUT2D eigenvalue weighted by atomic mass is 9.80. The van der Waals surface area contributed by atoms with Gasteiger partial charge in [0, 0.05) is 26.1 Å². The van der Waals surface area contributed by atoms with E-state index in [-0.39, 0.29) is 17.6 Å². The number of hydrogen-bond donors (Lipinski definition) is 2. The molecule has 2 fully saturated rings. The van der Waals surface area contributed by atoms with Gasteiger partial charge in [0.05, 0.1) is 12.1 Å². The highest BCUT2D eigenvalue weighted by Crippen LogP contribution is 2.33. The van der Waals surface area contributed by atoms with Crippen LogP contribution in [-0.4, -0.2) is 42.4 Å². The number of hydrogen-bond acceptors (Lipinski definition) is 3. The number of piperidine rings is 1. The summed E-state index contributed by atoms with van der Waals surface area (Å²) in [6, 6.07) is 6.78. The van der Waals surface area contributed by atoms with Gasteiger partial charge in [0.1, 0.15) is 5.82 Å². The fourth-order valence-corrected chi connectivity index (χ4v) is 4.25. The fourth-order valence-electron chi connectivity index (χ4n) is 4.25. The Labute approximate surface area is 154 Å². The maximum absolute atomic E-state index is 13.7. The van der Waals surface area contributed by atoms with Gasteiger partial charge in [-0.05, 0) is 43.4 Å². The molecule has 1 aliphatic carbocycles. The first-order valence-electron chi connectivity index (χ1n) is 9.53. The predicted octanol–water partition coefficient (Wildman–Crippen LogP) is 2.31. The van der Waals surface area contributed by atoms with E-state index in [1.165, 1.54) is 31.9 Å². The summed E-state index contributed by atoms with van der Waals surface area (Å²) in [5, 5.41) is 6.16. The molecule has 6 heteroatoms. The Hall–Kier alpha value is -1.95. The molecule has 142 valence electrons. The number of amides is 2. The van der Waals surface area contributed by atoms with Crippen molar-refractivity contribution in [1.29, 1.82) is 0 Å². The molecule has 0 bridgehead atoms. The van der Waals surface area contributed by atoms with Crippen LogP contribution in [0.3, 0.4) is 0 Å². The van der Waals surface area contributed by atoms with Crippen molar-refractivity contribution in [2.45, 2.75) is 57.0 Å². The molecule has 26 heavy (non-hydrogen) atoms. The number of benzene rings is 1. The van der Waals surface area contributed by atoms with Gasteiger partial charge < -0.3 is 10.6 Å². The van der Waals surface area contributed by atoms with Crippen LogP contribution in [0.1, 0.15) is 51.0 Å². The van der Waals surface area contributed by atoms with Crippen molar-refractivity contribution >= 4 is 11.8 Å². The molecule has 1 heterocycles. The Morgan fingerprint density at radius 2 is 1.92 bits per heavy atom. The number of rotatable bonds is 5. The molecular formula is C20H28FN3O2. The van der Waals surface area contributed by atoms with Crippen molar-refractivity contribution in [3.05, 3.63) is 35.6 Å². The van der Waals surface area contributed by atoms with Crippen molar-refractivity contribution in [2.75, 3.05) is 19.6 Å². The van der Waals surface area contributed by atoms with Crippen molar-refractivity contribution in [3.8, 4) is 0 Å². The average molecular weight is 361 g/mol. The SMILES string of the molecule is CC(=O)NC1(c2cccc(F)c2)CCN(CC(=O)NC2CCCC2)CC1. The van der Waals surface area contributed by atoms with Crippen molar-refractivity contribution in [3.63, 3.8) is 0 Å². The van der Waals surface area contributed by atoms with Crippen LogP contribution in [0.2, 0.25) is 0 Å². The molecule has 2 amide bonds. The van der Waals surface area contributed by atoms with Gasteiger partial charge >= 0.3 is 0 Å². The van der Waals surface area contributed by atoms with Crippen LogP contribution < -0.4 is 10.6 Å². The van der Waals surface area contributed by atoms with Gasteiger partial charge in [-0.25, -0.2) is 4.39 Å². The van der Waals surface area contributed by atoms with E-state index in [0.717, 1.165) is 18.4 Å². The maximum Gasteiger partial charge on any atom is 0.234 e. The fraction of sp³-hybridized carbons (Fsp3) is 0.600. The van der Waals surface area contributed by atoms with Crippen LogP contribution in [0.5, 0.6) is 0 Å². The van der Waals surface area contributed by atoms with Gasteiger partial charge in [-0.2, -0.15) is 0 Å². The van der Waals surface area contributed by atoms with Gasteiger partial charge in [0.25, 0.3) is 0 Å². The van der Waals surface area contributed by atoms with Gasteiger partial charge in [0.15, 0.2) is 0 Å². The smallest absolute Gasteiger partial charge is 0.234 e. The van der Waals surface area contributed by atoms with Gasteiger partial charge in [-0.15, -0.1) is 0 Å². The summed E-state index contributed by atoms with van der Waals surface area (Å²) < 4.78 is 13.7. The van der Waals surface area contributed by atoms with E-state index in [9.17, 15) is 14.0 Å². The molecule has 1 saturated carbocycles. The van der Waals surface area contributed by atoms with Crippen LogP contribution in [0.15, 0.2) is 24.3 Å². The second-order valence-corrected chi connectivity index (χ2v) is 7.60. The number of carbonyl (C=O) groups is 2. The highest BCUT2D eigenvalue weighted by atomic mass is 19.1. The van der Waals surface area contributed by atoms with E-state index in [1.54, 1.807) is 6.07 Å². The van der Waals surface area contributed by atoms with Crippen LogP contribution in [0.25, 0.3) is 0 Å². The summed E-state index contributed by atoms with van der Waals surface area (Å²) in [6.45, 7) is 3.25. The minimum Gasteiger partial charge on any atom is -0.352 e. The molecule has 3 rings (SSSR count). The third-order valence-electron chi connectivity index (χ3n) is 5.59. The predicted molar refractivity (Wildman–Crippen MR) is 98.0 cm³/mol. The molecular weight excluding hydrogens is 333 g/mol. The Balaban J connectivity index is 1.61. The third kappa shape index (κ3) is 4.61. The third-order valence-corrected chi connectivity index (χ3v) is 5.59. The summed E-state index contributed by atoms with van der Waals surface area (Å²) in [5.74, 6) is -0.345. The van der Waals surface area contributed by atoms with Crippen LogP contribution >= 0.6 is 0 Å². The number of nitrogens with one attached hydrogen (secondary N) is 2. The minimum atomic E-state index is -0.563. The number of nitrogens with zero attached hydrogens (tertiary/aromatic N) is 1. The summed E-state index contributed by atoms with van der Waals surface area (Å²) in [6.07, 6.45) is 5.87. The van der Waals surface area contributed by atoms with Gasteiger partial charge in [-0.3, -0.25) is 14.5 Å². The highest BCUT2D eigenvalue weighted by molar-refractivity contribution is 5.78. The van der Waals surface area contributed by atoms with E-state index in [1.807, 2.05) is 6.07 Å². The monoisotopic (exact) mass is 361 g/mol. The van der Waals surface area contributed by atoms with E-state index >= 15 is 0 Å². The molecule has 1 aliphatic heterocycles. The first-order chi connectivity index (χ1) is 12.5. The van der Waals surface area contributed by atoms with E-state index in [2.05, 4.69) is 15.5 Å². The normalized spacial score (nSPS) is 20.7. The Bertz CT molecular complexity index is 650. The molecule has 0 atom stereocenters. The lowest BCUT2D eigenvalue weighted by Crippen LogP contribution is -2.54. The second kappa shape index (κ2) is 8.16. The van der Waals surface area contributed by atoms with E-state index in [4.69, 9.17) is 0 Å². The van der Waals surface area contributed by atoms with Gasteiger partial charge in [0.2, 0.25) is 11.8 Å². The molecule has 5 nitrogen and oxygen atoms in total. The zero-order chi connectivity index (χ0) is 18.6. The maximum atomic E-state index is 13.7. The number of carbonyl (C=O) groups excluding carboxylic acids is 2. The Kier molecular flexibility index (Phi) is 5.91. The van der Waals surface area contributed by atoms with Crippen LogP contribution in [0, 0.1) is 5.82 Å². The molecule has 1 aromatic carbocycles. The van der Waals surface area contributed by atoms with E-state index in [0.29, 0.717) is 38.5 Å². The first-order valence-corrected chi connectivity index (χ1v) is 9.53. The lowest BCUT2D eigenvalue weighted by Gasteiger charge is -2.42. The zero-order valence-electron chi connectivity index (χ0n) is 15.4. The molecule has 0 radical (unpaired) electrons. The zero-order valence-corrected chi connectivity index (χ0v) is 15.4. The van der Waals surface area contributed by atoms with Crippen molar-refractivity contribution in [1.82, 2.24) is 15.5 Å². The standard InChI is InChI=1S/C20H28FN3O2/c1-15(25)23-20(16-5-4-6-17(21)13-16)9-11-24(12-10-20)14-19(26)22-18-7-2-3-8-18/h4-6,13,18H,2-3,7-12,14H2,1H3,(H,22,26)(H,23,25). The van der Waals surface area contributed by atoms with Crippen molar-refractivity contribution in [2.24, 2.45) is 0 Å². The molecule has 0 aromatic heterocycles. The quantitative estimate of drug-likeness (QED) is 0.846. The minimum absolute atomic E-state index is 0.0784. The first kappa shape index (κ1) is 18.8. The van der Waals surface area contributed by atoms with Crippen LogP contribution in [-0.2, 0) is 15.1 Å². The molecule has 1 saturated heterocycles. The van der Waals surface area contributed by atoms with E-state index < -0.39 is 5.54 Å². The topological polar surface area (TPSA) is 61.4 Å². The summed E-state index contributed by atoms with van der Waals surface area (Å²) >= 11 is 0. The Morgan fingerprint density at radius 1 is 1.23 bits per heavy atom. The summed E-state index contributed by atoms with van der Waals surface area (Å²) in [7, 11) is 0. The summed E-state index contributed by atoms with van der Waals surface area (Å²) in [5.41, 5.74) is 0.231. The molecule has 1 aromatic rings. The van der Waals surface area contributed by atoms with Crippen LogP contribution in [0.4, 0.5) is 4.39 Å². The molecule has 2 aliphatic rings. The Morgan fingerprint density at radius 3 is 2.54 bits per heavy atom. The molecule has 0 spiro atoms. The second-order valence-electron chi connectivity index (χ2n) is 7.60. The number of likely N-dealkylation sites (tertiary alicyclic amines) is 1. The lowest BCUT2D eigenvalue weighted by molar-refractivity contribution is -0.125. The highest BCUT2D eigenvalue weighted by Gasteiger charge is 2.37. The van der Waals surface area contributed by atoms with Crippen molar-refractivity contribution < 1.29 is 14.0 Å². The summed E-state index contributed by atoms with van der Waals surface area (Å²) in [4.78, 5) is 26.1.